The van der Waals surface area contributed by atoms with E-state index in [0.717, 1.165) is 22.3 Å². The minimum absolute atomic E-state index is 0. The standard InChI is InChI=1S/C12H10O3S2.Na.H/c13-17(14,15)12-2-1-8-3-10-6-16-7-11(10)4-9(8)5-12;;/h1-5H,6-7H2,(H,13,14,15);;. The second-order valence-corrected chi connectivity index (χ2v) is 6.50. The molecule has 0 spiro atoms. The Morgan fingerprint density at radius 2 is 1.61 bits per heavy atom. The second kappa shape index (κ2) is 5.15. The Labute approximate surface area is 132 Å². The van der Waals surface area contributed by atoms with Gasteiger partial charge in [0.05, 0.1) is 4.90 Å². The maximum absolute atomic E-state index is 11.1. The molecule has 0 unspecified atom stereocenters. The Balaban J connectivity index is 0.00000120. The Kier molecular flexibility index (Phi) is 4.11. The van der Waals surface area contributed by atoms with Crippen molar-refractivity contribution in [2.45, 2.75) is 16.4 Å². The topological polar surface area (TPSA) is 54.4 Å². The number of thioether (sulfide) groups is 1. The third-order valence-corrected chi connectivity index (χ3v) is 4.82. The summed E-state index contributed by atoms with van der Waals surface area (Å²) in [6.45, 7) is 0. The van der Waals surface area contributed by atoms with Crippen LogP contribution in [0.3, 0.4) is 0 Å². The van der Waals surface area contributed by atoms with Gasteiger partial charge in [0.25, 0.3) is 10.1 Å². The molecule has 0 aromatic heterocycles. The summed E-state index contributed by atoms with van der Waals surface area (Å²) >= 11 is 1.86. The molecule has 0 saturated carbocycles. The van der Waals surface area contributed by atoms with Crippen LogP contribution in [0.4, 0.5) is 0 Å². The molecule has 0 bridgehead atoms. The molecule has 0 amide bonds. The SMILES string of the molecule is O=S(=O)(O)c1ccc2cc3c(cc2c1)CSC3.[NaH]. The van der Waals surface area contributed by atoms with E-state index in [0.29, 0.717) is 0 Å². The van der Waals surface area contributed by atoms with Gasteiger partial charge in [-0.05, 0) is 40.1 Å². The van der Waals surface area contributed by atoms with Gasteiger partial charge in [-0.25, -0.2) is 0 Å². The molecule has 2 aromatic rings. The molecular formula is C12H11NaO3S2. The Morgan fingerprint density at radius 3 is 2.22 bits per heavy atom. The van der Waals surface area contributed by atoms with Gasteiger partial charge < -0.3 is 0 Å². The Bertz CT molecular complexity index is 711. The van der Waals surface area contributed by atoms with Crippen LogP contribution < -0.4 is 0 Å². The van der Waals surface area contributed by atoms with Crippen molar-refractivity contribution >= 4 is 62.2 Å². The number of rotatable bonds is 1. The predicted octanol–water partition coefficient (Wildman–Crippen LogP) is 2.18. The van der Waals surface area contributed by atoms with E-state index in [1.54, 1.807) is 6.07 Å². The molecule has 1 aliphatic heterocycles. The van der Waals surface area contributed by atoms with Crippen LogP contribution in [0.1, 0.15) is 11.1 Å². The maximum atomic E-state index is 11.1. The molecule has 6 heteroatoms. The predicted molar refractivity (Wildman–Crippen MR) is 75.9 cm³/mol. The molecule has 90 valence electrons. The summed E-state index contributed by atoms with van der Waals surface area (Å²) in [4.78, 5) is -0.0457. The van der Waals surface area contributed by atoms with Gasteiger partial charge in [-0.3, -0.25) is 4.55 Å². The number of benzene rings is 2. The molecule has 0 aliphatic carbocycles. The fourth-order valence-electron chi connectivity index (χ4n) is 2.07. The van der Waals surface area contributed by atoms with Crippen LogP contribution in [-0.4, -0.2) is 42.5 Å². The molecular weight excluding hydrogens is 279 g/mol. The van der Waals surface area contributed by atoms with Gasteiger partial charge >= 0.3 is 29.6 Å². The molecule has 0 saturated heterocycles. The first-order valence-electron chi connectivity index (χ1n) is 5.15. The van der Waals surface area contributed by atoms with Crippen LogP contribution in [-0.2, 0) is 21.6 Å². The van der Waals surface area contributed by atoms with Crippen LogP contribution in [0.15, 0.2) is 35.2 Å². The average Bonchev–Trinajstić information content (AvgIpc) is 2.70. The van der Waals surface area contributed by atoms with Crippen molar-refractivity contribution in [2.24, 2.45) is 0 Å². The summed E-state index contributed by atoms with van der Waals surface area (Å²) in [5.41, 5.74) is 2.58. The van der Waals surface area contributed by atoms with E-state index in [1.165, 1.54) is 23.3 Å². The Morgan fingerprint density at radius 1 is 1.00 bits per heavy atom. The van der Waals surface area contributed by atoms with E-state index in [9.17, 15) is 8.42 Å². The van der Waals surface area contributed by atoms with E-state index >= 15 is 0 Å². The van der Waals surface area contributed by atoms with Crippen LogP contribution >= 0.6 is 11.8 Å². The molecule has 0 radical (unpaired) electrons. The van der Waals surface area contributed by atoms with Gasteiger partial charge in [0.2, 0.25) is 0 Å². The van der Waals surface area contributed by atoms with Gasteiger partial charge in [0, 0.05) is 11.5 Å². The summed E-state index contributed by atoms with van der Waals surface area (Å²) in [6, 6.07) is 8.81. The molecule has 3 rings (SSSR count). The summed E-state index contributed by atoms with van der Waals surface area (Å²) in [6.07, 6.45) is 0. The molecule has 1 heterocycles. The molecule has 0 fully saturated rings. The van der Waals surface area contributed by atoms with Crippen molar-refractivity contribution in [3.8, 4) is 0 Å². The third-order valence-electron chi connectivity index (χ3n) is 2.94. The van der Waals surface area contributed by atoms with E-state index in [1.807, 2.05) is 17.8 Å². The molecule has 3 nitrogen and oxygen atoms in total. The normalized spacial score (nSPS) is 14.3. The number of hydrogen-bond acceptors (Lipinski definition) is 3. The molecule has 1 N–H and O–H groups in total. The zero-order valence-electron chi connectivity index (χ0n) is 8.88. The molecule has 2 aromatic carbocycles. The second-order valence-electron chi connectivity index (χ2n) is 4.10. The quantitative estimate of drug-likeness (QED) is 0.646. The van der Waals surface area contributed by atoms with Gasteiger partial charge in [0.15, 0.2) is 0 Å². The average molecular weight is 290 g/mol. The van der Waals surface area contributed by atoms with Crippen LogP contribution in [0.2, 0.25) is 0 Å². The van der Waals surface area contributed by atoms with Crippen molar-refractivity contribution in [3.05, 3.63) is 41.5 Å². The van der Waals surface area contributed by atoms with E-state index in [2.05, 4.69) is 6.07 Å². The van der Waals surface area contributed by atoms with Gasteiger partial charge in [-0.15, -0.1) is 0 Å². The first-order chi connectivity index (χ1) is 8.04. The van der Waals surface area contributed by atoms with E-state index < -0.39 is 10.1 Å². The number of hydrogen-bond donors (Lipinski definition) is 1. The third kappa shape index (κ3) is 2.61. The zero-order chi connectivity index (χ0) is 12.0. The monoisotopic (exact) mass is 290 g/mol. The van der Waals surface area contributed by atoms with Crippen molar-refractivity contribution in [2.75, 3.05) is 0 Å². The fraction of sp³-hybridized carbons (Fsp3) is 0.167. The van der Waals surface area contributed by atoms with Crippen molar-refractivity contribution in [3.63, 3.8) is 0 Å². The van der Waals surface area contributed by atoms with Crippen molar-refractivity contribution in [1.82, 2.24) is 0 Å². The summed E-state index contributed by atoms with van der Waals surface area (Å²) in [7, 11) is -4.11. The van der Waals surface area contributed by atoms with Crippen molar-refractivity contribution < 1.29 is 13.0 Å². The molecule has 18 heavy (non-hydrogen) atoms. The van der Waals surface area contributed by atoms with Gasteiger partial charge in [-0.2, -0.15) is 20.2 Å². The van der Waals surface area contributed by atoms with Crippen LogP contribution in [0.5, 0.6) is 0 Å². The Hall–Kier alpha value is -0.0400. The first kappa shape index (κ1) is 14.4. The number of fused-ring (bicyclic) bond motifs is 2. The van der Waals surface area contributed by atoms with Gasteiger partial charge in [0.1, 0.15) is 0 Å². The summed E-state index contributed by atoms with van der Waals surface area (Å²) in [5.74, 6) is 1.99. The zero-order valence-corrected chi connectivity index (χ0v) is 10.5. The molecule has 0 atom stereocenters. The van der Waals surface area contributed by atoms with E-state index in [4.69, 9.17) is 4.55 Å². The van der Waals surface area contributed by atoms with E-state index in [-0.39, 0.29) is 34.5 Å². The van der Waals surface area contributed by atoms with Crippen molar-refractivity contribution in [1.29, 1.82) is 0 Å². The first-order valence-corrected chi connectivity index (χ1v) is 7.74. The molecule has 1 aliphatic rings. The minimum atomic E-state index is -4.11. The van der Waals surface area contributed by atoms with Gasteiger partial charge in [-0.1, -0.05) is 12.1 Å². The summed E-state index contributed by atoms with van der Waals surface area (Å²) < 4.78 is 31.1. The fourth-order valence-corrected chi connectivity index (χ4v) is 3.67. The van der Waals surface area contributed by atoms with Crippen LogP contribution in [0, 0.1) is 0 Å². The summed E-state index contributed by atoms with van der Waals surface area (Å²) in [5, 5.41) is 1.88. The van der Waals surface area contributed by atoms with Crippen LogP contribution in [0.25, 0.3) is 10.8 Å².